The van der Waals surface area contributed by atoms with Crippen LogP contribution in [0.1, 0.15) is 30.4 Å². The lowest BCUT2D eigenvalue weighted by molar-refractivity contribution is -0.137. The van der Waals surface area contributed by atoms with Crippen LogP contribution < -0.4 is 18.9 Å². The third-order valence-corrected chi connectivity index (χ3v) is 4.29. The van der Waals surface area contributed by atoms with E-state index in [1.807, 2.05) is 30.3 Å². The van der Waals surface area contributed by atoms with Crippen LogP contribution in [0.15, 0.2) is 36.4 Å². The third-order valence-electron chi connectivity index (χ3n) is 4.29. The molecule has 4 rings (SSSR count). The van der Waals surface area contributed by atoms with Crippen LogP contribution in [-0.4, -0.2) is 24.8 Å². The van der Waals surface area contributed by atoms with Gasteiger partial charge in [-0.2, -0.15) is 0 Å². The Hall–Kier alpha value is -2.40. The molecular formula is C18H18O5. The summed E-state index contributed by atoms with van der Waals surface area (Å²) in [6, 6.07) is 11.6. The first-order valence-electron chi connectivity index (χ1n) is 7.55. The van der Waals surface area contributed by atoms with Crippen molar-refractivity contribution in [3.63, 3.8) is 0 Å². The number of rotatable bonds is 2. The van der Waals surface area contributed by atoms with Gasteiger partial charge in [0, 0.05) is 30.9 Å². The first-order valence-corrected chi connectivity index (χ1v) is 7.55. The Morgan fingerprint density at radius 2 is 1.91 bits per heavy atom. The summed E-state index contributed by atoms with van der Waals surface area (Å²) in [6.07, 6.45) is 0.451. The molecule has 0 fully saturated rings. The predicted molar refractivity (Wildman–Crippen MR) is 83.3 cm³/mol. The van der Waals surface area contributed by atoms with Gasteiger partial charge in [0.25, 0.3) is 0 Å². The minimum Gasteiger partial charge on any atom is -0.497 e. The van der Waals surface area contributed by atoms with Crippen molar-refractivity contribution in [3.05, 3.63) is 47.5 Å². The topological polar surface area (TPSA) is 57.2 Å². The molecule has 0 saturated heterocycles. The second-order valence-electron chi connectivity index (χ2n) is 6.05. The number of hydrogen-bond donors (Lipinski definition) is 1. The first kappa shape index (κ1) is 14.2. The monoisotopic (exact) mass is 314 g/mol. The summed E-state index contributed by atoms with van der Waals surface area (Å²) in [6.45, 7) is 1.88. The molecule has 5 heteroatoms. The van der Waals surface area contributed by atoms with E-state index in [1.165, 1.54) is 0 Å². The van der Waals surface area contributed by atoms with Gasteiger partial charge in [0.05, 0.1) is 7.11 Å². The van der Waals surface area contributed by atoms with Crippen molar-refractivity contribution in [2.75, 3.05) is 13.9 Å². The fourth-order valence-electron chi connectivity index (χ4n) is 3.22. The second kappa shape index (κ2) is 5.06. The van der Waals surface area contributed by atoms with Gasteiger partial charge in [0.1, 0.15) is 11.5 Å². The van der Waals surface area contributed by atoms with E-state index in [1.54, 1.807) is 20.1 Å². The Labute approximate surface area is 134 Å². The molecule has 0 amide bonds. The molecule has 2 aromatic carbocycles. The maximum absolute atomic E-state index is 10.5. The fraction of sp³-hybridized carbons (Fsp3) is 0.333. The number of ether oxygens (including phenoxy) is 4. The highest BCUT2D eigenvalue weighted by atomic mass is 16.7. The van der Waals surface area contributed by atoms with Crippen LogP contribution in [0.2, 0.25) is 0 Å². The summed E-state index contributed by atoms with van der Waals surface area (Å²) in [5.41, 5.74) is 2.04. The normalized spacial score (nSPS) is 24.7. The number of fused-ring (bicyclic) bond motifs is 2. The van der Waals surface area contributed by atoms with Crippen LogP contribution in [0.3, 0.4) is 0 Å². The van der Waals surface area contributed by atoms with Crippen molar-refractivity contribution in [2.45, 2.75) is 25.0 Å². The molecule has 120 valence electrons. The van der Waals surface area contributed by atoms with E-state index >= 15 is 0 Å². The standard InChI is InChI=1S/C18H18O5/c1-18(19)9-14(11-4-3-5-12(6-11)20-2)13-7-16-17(22-10-21-16)8-15(13)23-18/h3-8,14,19H,9-10H2,1-2H3/t14-,18+/m0/s1. The fourth-order valence-corrected chi connectivity index (χ4v) is 3.22. The van der Waals surface area contributed by atoms with Crippen molar-refractivity contribution in [1.82, 2.24) is 0 Å². The van der Waals surface area contributed by atoms with E-state index in [9.17, 15) is 5.11 Å². The molecular weight excluding hydrogens is 296 g/mol. The lowest BCUT2D eigenvalue weighted by atomic mass is 9.83. The predicted octanol–water partition coefficient (Wildman–Crippen LogP) is 3.05. The molecule has 5 nitrogen and oxygen atoms in total. The number of benzene rings is 2. The molecule has 2 heterocycles. The molecule has 0 saturated carbocycles. The second-order valence-corrected chi connectivity index (χ2v) is 6.05. The zero-order valence-corrected chi connectivity index (χ0v) is 13.0. The Balaban J connectivity index is 1.84. The Kier molecular flexibility index (Phi) is 3.13. The molecule has 0 unspecified atom stereocenters. The van der Waals surface area contributed by atoms with Gasteiger partial charge < -0.3 is 24.1 Å². The molecule has 0 spiro atoms. The average molecular weight is 314 g/mol. The van der Waals surface area contributed by atoms with Crippen molar-refractivity contribution < 1.29 is 24.1 Å². The van der Waals surface area contributed by atoms with Crippen LogP contribution in [0.4, 0.5) is 0 Å². The summed E-state index contributed by atoms with van der Waals surface area (Å²) in [5.74, 6) is 1.51. The van der Waals surface area contributed by atoms with E-state index in [4.69, 9.17) is 18.9 Å². The van der Waals surface area contributed by atoms with Crippen LogP contribution in [0.5, 0.6) is 23.0 Å². The highest BCUT2D eigenvalue weighted by Gasteiger charge is 2.38. The quantitative estimate of drug-likeness (QED) is 0.923. The minimum atomic E-state index is -1.24. The average Bonchev–Trinajstić information content (AvgIpc) is 2.98. The van der Waals surface area contributed by atoms with Crippen LogP contribution >= 0.6 is 0 Å². The van der Waals surface area contributed by atoms with Crippen LogP contribution in [0.25, 0.3) is 0 Å². The maximum atomic E-state index is 10.5. The van der Waals surface area contributed by atoms with E-state index in [0.717, 1.165) is 16.9 Å². The molecule has 2 aliphatic rings. The van der Waals surface area contributed by atoms with Crippen molar-refractivity contribution in [2.24, 2.45) is 0 Å². The van der Waals surface area contributed by atoms with Crippen LogP contribution in [0, 0.1) is 0 Å². The van der Waals surface area contributed by atoms with Gasteiger partial charge >= 0.3 is 0 Å². The SMILES string of the molecule is COc1cccc([C@@H]2C[C@](C)(O)Oc3cc4c(cc32)OCO4)c1. The molecule has 1 N–H and O–H groups in total. The molecule has 0 aliphatic carbocycles. The summed E-state index contributed by atoms with van der Waals surface area (Å²) in [5, 5.41) is 10.5. The Morgan fingerprint density at radius 1 is 1.13 bits per heavy atom. The van der Waals surface area contributed by atoms with Crippen LogP contribution in [-0.2, 0) is 0 Å². The Bertz CT molecular complexity index is 753. The van der Waals surface area contributed by atoms with Crippen molar-refractivity contribution >= 4 is 0 Å². The number of methoxy groups -OCH3 is 1. The van der Waals surface area contributed by atoms with Crippen molar-refractivity contribution in [3.8, 4) is 23.0 Å². The molecule has 23 heavy (non-hydrogen) atoms. The summed E-state index contributed by atoms with van der Waals surface area (Å²) >= 11 is 0. The lowest BCUT2D eigenvalue weighted by Gasteiger charge is -2.36. The van der Waals surface area contributed by atoms with Gasteiger partial charge in [0.2, 0.25) is 12.6 Å². The molecule has 2 aromatic rings. The smallest absolute Gasteiger partial charge is 0.231 e. The lowest BCUT2D eigenvalue weighted by Crippen LogP contribution is -2.38. The summed E-state index contributed by atoms with van der Waals surface area (Å²) in [4.78, 5) is 0. The van der Waals surface area contributed by atoms with Gasteiger partial charge in [-0.3, -0.25) is 0 Å². The molecule has 0 aromatic heterocycles. The third kappa shape index (κ3) is 2.47. The molecule has 0 bridgehead atoms. The number of aliphatic hydroxyl groups is 1. The first-order chi connectivity index (χ1) is 11.1. The van der Waals surface area contributed by atoms with Gasteiger partial charge in [-0.05, 0) is 23.8 Å². The number of hydrogen-bond acceptors (Lipinski definition) is 5. The highest BCUT2D eigenvalue weighted by molar-refractivity contribution is 5.56. The van der Waals surface area contributed by atoms with E-state index in [0.29, 0.717) is 23.7 Å². The van der Waals surface area contributed by atoms with E-state index in [2.05, 4.69) is 0 Å². The van der Waals surface area contributed by atoms with Gasteiger partial charge in [-0.25, -0.2) is 0 Å². The molecule has 2 aliphatic heterocycles. The summed E-state index contributed by atoms with van der Waals surface area (Å²) < 4.78 is 21.9. The highest BCUT2D eigenvalue weighted by Crippen LogP contribution is 2.49. The minimum absolute atomic E-state index is 0.0154. The van der Waals surface area contributed by atoms with E-state index in [-0.39, 0.29) is 12.7 Å². The molecule has 0 radical (unpaired) electrons. The van der Waals surface area contributed by atoms with Crippen molar-refractivity contribution in [1.29, 1.82) is 0 Å². The zero-order chi connectivity index (χ0) is 16.0. The largest absolute Gasteiger partial charge is 0.497 e. The zero-order valence-electron chi connectivity index (χ0n) is 13.0. The Morgan fingerprint density at radius 3 is 2.70 bits per heavy atom. The summed E-state index contributed by atoms with van der Waals surface area (Å²) in [7, 11) is 1.64. The van der Waals surface area contributed by atoms with Gasteiger partial charge in [0.15, 0.2) is 11.5 Å². The van der Waals surface area contributed by atoms with Gasteiger partial charge in [-0.15, -0.1) is 0 Å². The van der Waals surface area contributed by atoms with E-state index < -0.39 is 5.79 Å². The van der Waals surface area contributed by atoms with Gasteiger partial charge in [-0.1, -0.05) is 12.1 Å². The molecule has 2 atom stereocenters. The maximum Gasteiger partial charge on any atom is 0.231 e.